The Morgan fingerprint density at radius 3 is 2.06 bits per heavy atom. The average Bonchev–Trinajstić information content (AvgIpc) is 3.42. The van der Waals surface area contributed by atoms with Crippen LogP contribution in [0.1, 0.15) is 71.9 Å². The van der Waals surface area contributed by atoms with Crippen molar-refractivity contribution in [3.05, 3.63) is 203 Å². The third-order valence-electron chi connectivity index (χ3n) is 10.9. The lowest BCUT2D eigenvalue weighted by Crippen LogP contribution is -2.31. The Morgan fingerprint density at radius 2 is 1.32 bits per heavy atom. The summed E-state index contributed by atoms with van der Waals surface area (Å²) in [7, 11) is 0. The van der Waals surface area contributed by atoms with Crippen LogP contribution in [-0.4, -0.2) is 0 Å². The maximum atomic E-state index is 6.73. The first-order valence-corrected chi connectivity index (χ1v) is 18.4. The van der Waals surface area contributed by atoms with Crippen molar-refractivity contribution in [1.29, 1.82) is 0 Å². The number of allylic oxidation sites excluding steroid dienone is 1. The Bertz CT molecular complexity index is 2470. The largest absolute Gasteiger partial charge is 0.398 e. The van der Waals surface area contributed by atoms with Crippen molar-refractivity contribution in [3.8, 4) is 22.3 Å². The van der Waals surface area contributed by atoms with Gasteiger partial charge in [-0.05, 0) is 109 Å². The number of benzene rings is 7. The molecule has 0 radical (unpaired) electrons. The van der Waals surface area contributed by atoms with Gasteiger partial charge in [-0.3, -0.25) is 5.32 Å². The fourth-order valence-corrected chi connectivity index (χ4v) is 7.82. The van der Waals surface area contributed by atoms with Crippen molar-refractivity contribution in [2.24, 2.45) is 5.73 Å². The van der Waals surface area contributed by atoms with Crippen LogP contribution >= 0.6 is 0 Å². The number of nitrogen functional groups attached to an aromatic ring is 1. The van der Waals surface area contributed by atoms with Gasteiger partial charge in [0.15, 0.2) is 0 Å². The highest BCUT2D eigenvalue weighted by molar-refractivity contribution is 5.98. The predicted octanol–water partition coefficient (Wildman–Crippen LogP) is 12.0. The highest BCUT2D eigenvalue weighted by Gasteiger charge is 2.37. The number of nitrogens with two attached hydrogens (primary N) is 2. The molecule has 1 aliphatic carbocycles. The van der Waals surface area contributed by atoms with Crippen molar-refractivity contribution >= 4 is 34.2 Å². The Morgan fingerprint density at radius 1 is 0.642 bits per heavy atom. The Kier molecular flexibility index (Phi) is 9.14. The summed E-state index contributed by atoms with van der Waals surface area (Å²) in [5.41, 5.74) is 28.2. The molecule has 0 fully saturated rings. The molecule has 0 saturated heterocycles. The maximum absolute atomic E-state index is 6.73. The molecule has 0 heterocycles. The molecule has 53 heavy (non-hydrogen) atoms. The Balaban J connectivity index is 1.09. The van der Waals surface area contributed by atoms with E-state index in [9.17, 15) is 0 Å². The highest BCUT2D eigenvalue weighted by Crippen LogP contribution is 2.53. The SMILES string of the molecule is C/C(=C\c1ccccc1N)c1ccc(C(/C=C/c2ccc(-c3cccc4c3-c3cc5ccccc5cc3C4(C)C)cc2)NC(N)c2ccccc2)cc1. The van der Waals surface area contributed by atoms with Crippen LogP contribution in [0.3, 0.4) is 0 Å². The van der Waals surface area contributed by atoms with Crippen molar-refractivity contribution in [2.45, 2.75) is 38.4 Å². The van der Waals surface area contributed by atoms with Crippen LogP contribution in [0.2, 0.25) is 0 Å². The van der Waals surface area contributed by atoms with E-state index in [1.165, 1.54) is 44.2 Å². The summed E-state index contributed by atoms with van der Waals surface area (Å²) in [5.74, 6) is 0. The summed E-state index contributed by atoms with van der Waals surface area (Å²) in [4.78, 5) is 0. The van der Waals surface area contributed by atoms with E-state index < -0.39 is 0 Å². The fourth-order valence-electron chi connectivity index (χ4n) is 7.82. The molecule has 0 saturated carbocycles. The molecule has 1 aliphatic rings. The van der Waals surface area contributed by atoms with Crippen LogP contribution in [0.15, 0.2) is 164 Å². The summed E-state index contributed by atoms with van der Waals surface area (Å²) < 4.78 is 0. The Hall–Kier alpha value is -6.00. The van der Waals surface area contributed by atoms with Gasteiger partial charge in [-0.25, -0.2) is 0 Å². The van der Waals surface area contributed by atoms with E-state index in [2.05, 4.69) is 160 Å². The van der Waals surface area contributed by atoms with E-state index in [1.54, 1.807) is 0 Å². The molecule has 5 N–H and O–H groups in total. The van der Waals surface area contributed by atoms with Gasteiger partial charge in [-0.15, -0.1) is 0 Å². The minimum atomic E-state index is -0.333. The lowest BCUT2D eigenvalue weighted by molar-refractivity contribution is 0.509. The first-order chi connectivity index (χ1) is 25.8. The third kappa shape index (κ3) is 6.73. The van der Waals surface area contributed by atoms with Crippen molar-refractivity contribution in [3.63, 3.8) is 0 Å². The zero-order valence-corrected chi connectivity index (χ0v) is 30.6. The molecule has 7 aromatic rings. The van der Waals surface area contributed by atoms with Crippen molar-refractivity contribution in [1.82, 2.24) is 5.32 Å². The fraction of sp³-hybridized carbons (Fsp3) is 0.120. The highest BCUT2D eigenvalue weighted by atomic mass is 15.0. The van der Waals surface area contributed by atoms with Gasteiger partial charge < -0.3 is 11.5 Å². The first kappa shape index (κ1) is 34.1. The summed E-state index contributed by atoms with van der Waals surface area (Å²) in [6.07, 6.45) is 6.21. The molecule has 2 atom stereocenters. The summed E-state index contributed by atoms with van der Waals surface area (Å²) >= 11 is 0. The van der Waals surface area contributed by atoms with E-state index in [1.807, 2.05) is 42.5 Å². The molecule has 3 nitrogen and oxygen atoms in total. The monoisotopic (exact) mass is 687 g/mol. The number of para-hydroxylation sites is 1. The third-order valence-corrected chi connectivity index (χ3v) is 10.9. The van der Waals surface area contributed by atoms with Gasteiger partial charge in [0, 0.05) is 11.1 Å². The lowest BCUT2D eigenvalue weighted by Gasteiger charge is -2.22. The molecule has 7 aromatic carbocycles. The van der Waals surface area contributed by atoms with E-state index in [0.717, 1.165) is 39.1 Å². The van der Waals surface area contributed by atoms with Gasteiger partial charge in [-0.1, -0.05) is 166 Å². The topological polar surface area (TPSA) is 64.1 Å². The zero-order chi connectivity index (χ0) is 36.5. The number of anilines is 1. The summed E-state index contributed by atoms with van der Waals surface area (Å²) in [5, 5.41) is 6.24. The molecule has 0 bridgehead atoms. The first-order valence-electron chi connectivity index (χ1n) is 18.4. The number of rotatable bonds is 9. The van der Waals surface area contributed by atoms with E-state index in [0.29, 0.717) is 0 Å². The molecule has 0 aromatic heterocycles. The van der Waals surface area contributed by atoms with Crippen LogP contribution in [0, 0.1) is 0 Å². The maximum Gasteiger partial charge on any atom is 0.0817 e. The van der Waals surface area contributed by atoms with Gasteiger partial charge in [-0.2, -0.15) is 0 Å². The number of hydrogen-bond donors (Lipinski definition) is 3. The molecule has 3 heteroatoms. The lowest BCUT2D eigenvalue weighted by atomic mass is 9.81. The summed E-state index contributed by atoms with van der Waals surface area (Å²) in [6.45, 7) is 6.83. The molecular formula is C50H45N3. The van der Waals surface area contributed by atoms with Crippen LogP contribution in [0.4, 0.5) is 5.69 Å². The van der Waals surface area contributed by atoms with Gasteiger partial charge in [0.25, 0.3) is 0 Å². The van der Waals surface area contributed by atoms with Crippen LogP contribution < -0.4 is 16.8 Å². The second-order valence-electron chi connectivity index (χ2n) is 14.7. The number of nitrogens with one attached hydrogen (secondary N) is 1. The molecule has 0 amide bonds. The number of hydrogen-bond acceptors (Lipinski definition) is 3. The molecule has 260 valence electrons. The second kappa shape index (κ2) is 14.2. The van der Waals surface area contributed by atoms with Crippen molar-refractivity contribution in [2.75, 3.05) is 5.73 Å². The molecule has 0 aliphatic heterocycles. The average molecular weight is 688 g/mol. The van der Waals surface area contributed by atoms with E-state index in [-0.39, 0.29) is 17.6 Å². The van der Waals surface area contributed by atoms with E-state index >= 15 is 0 Å². The van der Waals surface area contributed by atoms with Gasteiger partial charge in [0.05, 0.1) is 12.2 Å². The molecular weight excluding hydrogens is 643 g/mol. The standard InChI is InChI=1S/C50H45N3/c1-33(30-41-16-9-10-19-46(41)51)35-25-27-37(28-26-35)47(53-49(52)38-12-5-4-6-13-38)29-22-34-20-23-36(24-21-34)42-17-11-18-44-48(42)43-31-39-14-7-8-15-40(39)32-45(43)50(44,2)3/h4-32,47,49,53H,51-52H2,1-3H3/b29-22+,33-30+. The van der Waals surface area contributed by atoms with Crippen LogP contribution in [0.25, 0.3) is 50.8 Å². The van der Waals surface area contributed by atoms with Gasteiger partial charge in [0.2, 0.25) is 0 Å². The normalized spacial score (nSPS) is 14.6. The zero-order valence-electron chi connectivity index (χ0n) is 30.6. The summed E-state index contributed by atoms with van der Waals surface area (Å²) in [6, 6.07) is 55.9. The minimum absolute atomic E-state index is 0.0704. The Labute approximate surface area is 313 Å². The molecule has 2 unspecified atom stereocenters. The smallest absolute Gasteiger partial charge is 0.0817 e. The van der Waals surface area contributed by atoms with Crippen molar-refractivity contribution < 1.29 is 0 Å². The minimum Gasteiger partial charge on any atom is -0.398 e. The van der Waals surface area contributed by atoms with Crippen LogP contribution in [0.5, 0.6) is 0 Å². The molecule has 8 rings (SSSR count). The van der Waals surface area contributed by atoms with Gasteiger partial charge >= 0.3 is 0 Å². The predicted molar refractivity (Wildman–Crippen MR) is 226 cm³/mol. The van der Waals surface area contributed by atoms with E-state index in [4.69, 9.17) is 11.5 Å². The van der Waals surface area contributed by atoms with Gasteiger partial charge in [0.1, 0.15) is 0 Å². The second-order valence-corrected chi connectivity index (χ2v) is 14.7. The van der Waals surface area contributed by atoms with Crippen LogP contribution in [-0.2, 0) is 5.41 Å². The quantitative estimate of drug-likeness (QED) is 0.0804. The molecule has 0 spiro atoms. The number of fused-ring (bicyclic) bond motifs is 4.